The quantitative estimate of drug-likeness (QED) is 0.747. The molecule has 5 nitrogen and oxygen atoms in total. The Morgan fingerprint density at radius 1 is 1.32 bits per heavy atom. The maximum atomic E-state index is 10.9. The smallest absolute Gasteiger partial charge is 0.172 e. The zero-order chi connectivity index (χ0) is 13.7. The van der Waals surface area contributed by atoms with Gasteiger partial charge in [0, 0.05) is 12.5 Å². The van der Waals surface area contributed by atoms with Crippen molar-refractivity contribution in [3.05, 3.63) is 41.7 Å². The lowest BCUT2D eigenvalue weighted by atomic mass is 10.2. The van der Waals surface area contributed by atoms with Gasteiger partial charge >= 0.3 is 0 Å². The van der Waals surface area contributed by atoms with Crippen molar-refractivity contribution in [2.45, 2.75) is 26.3 Å². The fraction of sp³-hybridized carbons (Fsp3) is 0.357. The number of carbonyl (C=O) groups is 1. The largest absolute Gasteiger partial charge is 0.493 e. The lowest BCUT2D eigenvalue weighted by molar-refractivity contribution is 0.111. The van der Waals surface area contributed by atoms with Crippen molar-refractivity contribution in [3.8, 4) is 5.75 Å². The van der Waals surface area contributed by atoms with Crippen LogP contribution in [0.4, 0.5) is 0 Å². The number of hydrogen-bond acceptors (Lipinski definition) is 4. The van der Waals surface area contributed by atoms with E-state index in [-0.39, 0.29) is 6.04 Å². The Kier molecular flexibility index (Phi) is 4.28. The highest BCUT2D eigenvalue weighted by atomic mass is 16.5. The van der Waals surface area contributed by atoms with Crippen molar-refractivity contribution in [3.63, 3.8) is 0 Å². The predicted octanol–water partition coefficient (Wildman–Crippen LogP) is 2.29. The van der Waals surface area contributed by atoms with Crippen molar-refractivity contribution in [2.24, 2.45) is 0 Å². The number of rotatable bonds is 6. The first-order valence-electron chi connectivity index (χ1n) is 6.29. The summed E-state index contributed by atoms with van der Waals surface area (Å²) >= 11 is 0. The van der Waals surface area contributed by atoms with Gasteiger partial charge in [0.1, 0.15) is 11.4 Å². The van der Waals surface area contributed by atoms with E-state index < -0.39 is 0 Å². The Hall–Kier alpha value is -2.17. The minimum atomic E-state index is 0.174. The second kappa shape index (κ2) is 6.13. The Balaban J connectivity index is 2.02. The summed E-state index contributed by atoms with van der Waals surface area (Å²) in [6.07, 6.45) is 1.35. The zero-order valence-electron chi connectivity index (χ0n) is 11.1. The van der Waals surface area contributed by atoms with E-state index >= 15 is 0 Å². The SMILES string of the molecule is CC(C)n1nnc(C=O)c1CCOc1ccccc1. The number of aromatic nitrogens is 3. The molecule has 0 N–H and O–H groups in total. The van der Waals surface area contributed by atoms with Gasteiger partial charge in [0.2, 0.25) is 0 Å². The third kappa shape index (κ3) is 3.19. The van der Waals surface area contributed by atoms with Crippen LogP contribution in [0.15, 0.2) is 30.3 Å². The van der Waals surface area contributed by atoms with E-state index in [1.807, 2.05) is 44.2 Å². The molecule has 0 saturated heterocycles. The van der Waals surface area contributed by atoms with Crippen molar-refractivity contribution in [1.29, 1.82) is 0 Å². The molecule has 5 heteroatoms. The Bertz CT molecular complexity index is 535. The summed E-state index contributed by atoms with van der Waals surface area (Å²) < 4.78 is 7.39. The second-order valence-corrected chi connectivity index (χ2v) is 4.49. The number of benzene rings is 1. The standard InChI is InChI=1S/C14H17N3O2/c1-11(2)17-14(13(10-18)15-16-17)8-9-19-12-6-4-3-5-7-12/h3-7,10-11H,8-9H2,1-2H3. The van der Waals surface area contributed by atoms with Crippen molar-refractivity contribution in [1.82, 2.24) is 15.0 Å². The topological polar surface area (TPSA) is 57.0 Å². The van der Waals surface area contributed by atoms with Gasteiger partial charge in [0.25, 0.3) is 0 Å². The van der Waals surface area contributed by atoms with Crippen LogP contribution in [0.25, 0.3) is 0 Å². The molecular weight excluding hydrogens is 242 g/mol. The molecule has 0 aliphatic carbocycles. The summed E-state index contributed by atoms with van der Waals surface area (Å²) in [5, 5.41) is 7.86. The van der Waals surface area contributed by atoms with Crippen LogP contribution in [-0.2, 0) is 6.42 Å². The van der Waals surface area contributed by atoms with Gasteiger partial charge < -0.3 is 4.74 Å². The highest BCUT2D eigenvalue weighted by molar-refractivity contribution is 5.73. The molecule has 0 bridgehead atoms. The number of carbonyl (C=O) groups excluding carboxylic acids is 1. The highest BCUT2D eigenvalue weighted by Gasteiger charge is 2.14. The van der Waals surface area contributed by atoms with Crippen LogP contribution in [0, 0.1) is 0 Å². The first-order valence-corrected chi connectivity index (χ1v) is 6.29. The van der Waals surface area contributed by atoms with Crippen molar-refractivity contribution >= 4 is 6.29 Å². The first-order chi connectivity index (χ1) is 9.22. The van der Waals surface area contributed by atoms with Crippen molar-refractivity contribution < 1.29 is 9.53 Å². The third-order valence-electron chi connectivity index (χ3n) is 2.77. The van der Waals surface area contributed by atoms with Crippen LogP contribution >= 0.6 is 0 Å². The van der Waals surface area contributed by atoms with Crippen LogP contribution in [0.5, 0.6) is 5.75 Å². The Morgan fingerprint density at radius 2 is 2.05 bits per heavy atom. The molecule has 0 aliphatic rings. The molecule has 2 aromatic rings. The predicted molar refractivity (Wildman–Crippen MR) is 71.4 cm³/mol. The number of aldehydes is 1. The summed E-state index contributed by atoms with van der Waals surface area (Å²) in [5.41, 5.74) is 1.21. The Labute approximate surface area is 112 Å². The van der Waals surface area contributed by atoms with Crippen LogP contribution in [0.1, 0.15) is 36.1 Å². The van der Waals surface area contributed by atoms with Crippen LogP contribution in [0.3, 0.4) is 0 Å². The van der Waals surface area contributed by atoms with Crippen molar-refractivity contribution in [2.75, 3.05) is 6.61 Å². The van der Waals surface area contributed by atoms with Gasteiger partial charge in [-0.25, -0.2) is 4.68 Å². The number of nitrogens with zero attached hydrogens (tertiary/aromatic N) is 3. The van der Waals surface area contributed by atoms with Gasteiger partial charge in [0.05, 0.1) is 12.3 Å². The highest BCUT2D eigenvalue weighted by Crippen LogP contribution is 2.13. The van der Waals surface area contributed by atoms with Gasteiger partial charge in [-0.2, -0.15) is 0 Å². The molecule has 0 amide bonds. The van der Waals surface area contributed by atoms with E-state index in [0.29, 0.717) is 18.7 Å². The fourth-order valence-electron chi connectivity index (χ4n) is 1.86. The molecule has 0 radical (unpaired) electrons. The van der Waals surface area contributed by atoms with E-state index in [9.17, 15) is 4.79 Å². The Morgan fingerprint density at radius 3 is 2.68 bits per heavy atom. The number of ether oxygens (including phenoxy) is 1. The van der Waals surface area contributed by atoms with E-state index in [4.69, 9.17) is 4.74 Å². The average molecular weight is 259 g/mol. The molecule has 1 aromatic heterocycles. The van der Waals surface area contributed by atoms with Gasteiger partial charge in [-0.3, -0.25) is 4.79 Å². The first kappa shape index (κ1) is 13.3. The molecule has 0 aliphatic heterocycles. The molecule has 0 unspecified atom stereocenters. The summed E-state index contributed by atoms with van der Waals surface area (Å²) in [4.78, 5) is 10.9. The molecule has 19 heavy (non-hydrogen) atoms. The lowest BCUT2D eigenvalue weighted by Gasteiger charge is -2.10. The molecule has 0 atom stereocenters. The third-order valence-corrected chi connectivity index (χ3v) is 2.77. The number of hydrogen-bond donors (Lipinski definition) is 0. The molecule has 2 rings (SSSR count). The van der Waals surface area contributed by atoms with Gasteiger partial charge in [-0.05, 0) is 26.0 Å². The molecular formula is C14H17N3O2. The number of para-hydroxylation sites is 1. The molecule has 0 spiro atoms. The maximum absolute atomic E-state index is 10.9. The average Bonchev–Trinajstić information content (AvgIpc) is 2.83. The van der Waals surface area contributed by atoms with Crippen LogP contribution < -0.4 is 4.74 Å². The van der Waals surface area contributed by atoms with E-state index in [1.54, 1.807) is 4.68 Å². The molecule has 0 saturated carbocycles. The van der Waals surface area contributed by atoms with Gasteiger partial charge in [-0.15, -0.1) is 5.10 Å². The lowest BCUT2D eigenvalue weighted by Crippen LogP contribution is -2.12. The second-order valence-electron chi connectivity index (χ2n) is 4.49. The minimum Gasteiger partial charge on any atom is -0.493 e. The fourth-order valence-corrected chi connectivity index (χ4v) is 1.86. The van der Waals surface area contributed by atoms with Crippen LogP contribution in [-0.4, -0.2) is 27.9 Å². The summed E-state index contributed by atoms with van der Waals surface area (Å²) in [5.74, 6) is 0.818. The van der Waals surface area contributed by atoms with Gasteiger partial charge in [-0.1, -0.05) is 23.4 Å². The van der Waals surface area contributed by atoms with E-state index in [1.165, 1.54) is 0 Å². The van der Waals surface area contributed by atoms with E-state index in [0.717, 1.165) is 17.7 Å². The minimum absolute atomic E-state index is 0.174. The summed E-state index contributed by atoms with van der Waals surface area (Å²) in [7, 11) is 0. The molecule has 1 aromatic carbocycles. The molecule has 1 heterocycles. The zero-order valence-corrected chi connectivity index (χ0v) is 11.1. The summed E-state index contributed by atoms with van der Waals surface area (Å²) in [6.45, 7) is 4.50. The van der Waals surface area contributed by atoms with E-state index in [2.05, 4.69) is 10.3 Å². The maximum Gasteiger partial charge on any atom is 0.172 e. The van der Waals surface area contributed by atoms with Gasteiger partial charge in [0.15, 0.2) is 6.29 Å². The molecule has 0 fully saturated rings. The van der Waals surface area contributed by atoms with Crippen LogP contribution in [0.2, 0.25) is 0 Å². The normalized spacial score (nSPS) is 10.7. The summed E-state index contributed by atoms with van der Waals surface area (Å²) in [6, 6.07) is 9.76. The monoisotopic (exact) mass is 259 g/mol. The molecule has 100 valence electrons.